The minimum Gasteiger partial charge on any atom is -0.392 e. The average Bonchev–Trinajstić information content (AvgIpc) is 3.17. The predicted octanol–water partition coefficient (Wildman–Crippen LogP) is 3.91. The van der Waals surface area contributed by atoms with Crippen LogP contribution >= 0.6 is 0 Å². The molecule has 4 rings (SSSR count). The molecule has 3 atom stereocenters. The molecule has 3 unspecified atom stereocenters. The predicted molar refractivity (Wildman–Crippen MR) is 131 cm³/mol. The van der Waals surface area contributed by atoms with Crippen LogP contribution in [0.2, 0.25) is 5.54 Å². The van der Waals surface area contributed by atoms with Crippen LogP contribution in [0.4, 0.5) is 0 Å². The number of rotatable bonds is 5. The van der Waals surface area contributed by atoms with Gasteiger partial charge in [-0.3, -0.25) is 4.79 Å². The second-order valence-corrected chi connectivity index (χ2v) is 13.9. The van der Waals surface area contributed by atoms with Crippen molar-refractivity contribution in [2.75, 3.05) is 0 Å². The molecule has 3 heteroatoms. The number of hydrogen-bond acceptors (Lipinski definition) is 2. The van der Waals surface area contributed by atoms with E-state index in [0.717, 1.165) is 12.8 Å². The lowest BCUT2D eigenvalue weighted by atomic mass is 9.81. The summed E-state index contributed by atoms with van der Waals surface area (Å²) in [5.41, 5.74) is -0.409. The van der Waals surface area contributed by atoms with Crippen molar-refractivity contribution < 1.29 is 9.90 Å². The summed E-state index contributed by atoms with van der Waals surface area (Å²) in [6, 6.07) is 32.1. The first-order valence-corrected chi connectivity index (χ1v) is 13.3. The molecule has 3 aromatic rings. The number of carbonyl (C=O) groups is 1. The molecule has 2 nitrogen and oxygen atoms in total. The van der Waals surface area contributed by atoms with Gasteiger partial charge < -0.3 is 5.11 Å². The Morgan fingerprint density at radius 2 is 1.13 bits per heavy atom. The highest BCUT2D eigenvalue weighted by atomic mass is 28.3. The SMILES string of the molecule is CC(C)(C)C(=O)C1CCC([Si](c2ccccc2)(c2ccccc2)c2ccccc2)C1O. The molecule has 1 N–H and O–H groups in total. The van der Waals surface area contributed by atoms with Gasteiger partial charge in [0.15, 0.2) is 8.07 Å². The van der Waals surface area contributed by atoms with Crippen molar-refractivity contribution >= 4 is 29.4 Å². The van der Waals surface area contributed by atoms with Crippen LogP contribution in [0.5, 0.6) is 0 Å². The van der Waals surface area contributed by atoms with Crippen LogP contribution in [-0.4, -0.2) is 25.1 Å². The fourth-order valence-electron chi connectivity index (χ4n) is 5.54. The summed E-state index contributed by atoms with van der Waals surface area (Å²) in [5.74, 6) is -0.118. The summed E-state index contributed by atoms with van der Waals surface area (Å²) < 4.78 is 0. The zero-order chi connectivity index (χ0) is 22.1. The molecule has 0 bridgehead atoms. The maximum Gasteiger partial charge on any atom is 0.153 e. The van der Waals surface area contributed by atoms with Gasteiger partial charge in [0.25, 0.3) is 0 Å². The van der Waals surface area contributed by atoms with Gasteiger partial charge in [0.1, 0.15) is 5.78 Å². The molecule has 160 valence electrons. The average molecular weight is 429 g/mol. The quantitative estimate of drug-likeness (QED) is 0.494. The molecule has 0 saturated heterocycles. The zero-order valence-electron chi connectivity index (χ0n) is 18.7. The van der Waals surface area contributed by atoms with E-state index in [1.54, 1.807) is 0 Å². The number of aliphatic hydroxyl groups is 1. The largest absolute Gasteiger partial charge is 0.392 e. The van der Waals surface area contributed by atoms with Gasteiger partial charge in [0, 0.05) is 11.3 Å². The molecular formula is C28H32O2Si. The van der Waals surface area contributed by atoms with Crippen molar-refractivity contribution in [2.45, 2.75) is 45.3 Å². The number of hydrogen-bond donors (Lipinski definition) is 1. The van der Waals surface area contributed by atoms with E-state index in [9.17, 15) is 9.90 Å². The van der Waals surface area contributed by atoms with Crippen molar-refractivity contribution in [1.29, 1.82) is 0 Å². The molecule has 0 aliphatic heterocycles. The number of benzene rings is 3. The van der Waals surface area contributed by atoms with Gasteiger partial charge in [-0.25, -0.2) is 0 Å². The molecular weight excluding hydrogens is 396 g/mol. The molecule has 1 saturated carbocycles. The van der Waals surface area contributed by atoms with Crippen LogP contribution in [0.15, 0.2) is 91.0 Å². The van der Waals surface area contributed by atoms with Gasteiger partial charge in [-0.05, 0) is 33.9 Å². The first-order valence-electron chi connectivity index (χ1n) is 11.3. The third kappa shape index (κ3) is 3.81. The van der Waals surface area contributed by atoms with E-state index in [0.29, 0.717) is 0 Å². The molecule has 1 aliphatic carbocycles. The maximum absolute atomic E-state index is 13.2. The molecule has 0 spiro atoms. The minimum atomic E-state index is -2.60. The number of aliphatic hydroxyl groups excluding tert-OH is 1. The number of ketones is 1. The van der Waals surface area contributed by atoms with Crippen LogP contribution in [-0.2, 0) is 4.79 Å². The summed E-state index contributed by atoms with van der Waals surface area (Å²) in [6.07, 6.45) is 0.973. The highest BCUT2D eigenvalue weighted by Crippen LogP contribution is 2.44. The smallest absolute Gasteiger partial charge is 0.153 e. The molecule has 31 heavy (non-hydrogen) atoms. The van der Waals surface area contributed by atoms with Gasteiger partial charge in [0.2, 0.25) is 0 Å². The van der Waals surface area contributed by atoms with Crippen LogP contribution in [0.1, 0.15) is 33.6 Å². The molecule has 0 radical (unpaired) electrons. The fourth-order valence-corrected chi connectivity index (χ4v) is 11.3. The Morgan fingerprint density at radius 1 is 0.742 bits per heavy atom. The second-order valence-electron chi connectivity index (χ2n) is 9.80. The topological polar surface area (TPSA) is 37.3 Å². The molecule has 1 fully saturated rings. The van der Waals surface area contributed by atoms with E-state index in [4.69, 9.17) is 0 Å². The lowest BCUT2D eigenvalue weighted by Crippen LogP contribution is -2.71. The molecule has 1 aliphatic rings. The number of carbonyl (C=O) groups excluding carboxylic acids is 1. The summed E-state index contributed by atoms with van der Waals surface area (Å²) >= 11 is 0. The Balaban J connectivity index is 1.95. The summed E-state index contributed by atoms with van der Waals surface area (Å²) in [6.45, 7) is 5.89. The van der Waals surface area contributed by atoms with Crippen LogP contribution in [0.3, 0.4) is 0 Å². The molecule has 0 amide bonds. The van der Waals surface area contributed by atoms with E-state index in [1.165, 1.54) is 15.6 Å². The van der Waals surface area contributed by atoms with Gasteiger partial charge in [-0.15, -0.1) is 0 Å². The van der Waals surface area contributed by atoms with Crippen LogP contribution in [0.25, 0.3) is 0 Å². The Bertz CT molecular complexity index is 912. The van der Waals surface area contributed by atoms with Crippen LogP contribution in [0, 0.1) is 11.3 Å². The number of Topliss-reactive ketones (excluding diaryl/α,β-unsaturated/α-hetero) is 1. The van der Waals surface area contributed by atoms with Crippen molar-refractivity contribution in [3.05, 3.63) is 91.0 Å². The Hall–Kier alpha value is -2.49. The Morgan fingerprint density at radius 3 is 1.48 bits per heavy atom. The summed E-state index contributed by atoms with van der Waals surface area (Å²) in [5, 5.41) is 15.6. The molecule has 0 heterocycles. The molecule has 3 aromatic carbocycles. The summed E-state index contributed by atoms with van der Waals surface area (Å²) in [4.78, 5) is 13.2. The van der Waals surface area contributed by atoms with Crippen molar-refractivity contribution in [2.24, 2.45) is 11.3 Å². The van der Waals surface area contributed by atoms with Crippen LogP contribution < -0.4 is 15.6 Å². The third-order valence-corrected chi connectivity index (χ3v) is 12.4. The first-order chi connectivity index (χ1) is 14.9. The lowest BCUT2D eigenvalue weighted by Gasteiger charge is -2.41. The fraction of sp³-hybridized carbons (Fsp3) is 0.321. The van der Waals surface area contributed by atoms with Gasteiger partial charge in [-0.1, -0.05) is 112 Å². The van der Waals surface area contributed by atoms with E-state index < -0.39 is 19.6 Å². The van der Waals surface area contributed by atoms with Gasteiger partial charge in [0.05, 0.1) is 6.10 Å². The minimum absolute atomic E-state index is 0.0380. The van der Waals surface area contributed by atoms with Crippen molar-refractivity contribution in [3.63, 3.8) is 0 Å². The third-order valence-electron chi connectivity index (χ3n) is 6.93. The van der Waals surface area contributed by atoms with E-state index in [-0.39, 0.29) is 17.2 Å². The zero-order valence-corrected chi connectivity index (χ0v) is 19.7. The maximum atomic E-state index is 13.2. The Labute approximate surface area is 187 Å². The highest BCUT2D eigenvalue weighted by Gasteiger charge is 2.55. The summed E-state index contributed by atoms with van der Waals surface area (Å²) in [7, 11) is -2.60. The normalized spacial score (nSPS) is 21.7. The van der Waals surface area contributed by atoms with Gasteiger partial charge in [-0.2, -0.15) is 0 Å². The van der Waals surface area contributed by atoms with E-state index in [1.807, 2.05) is 20.8 Å². The van der Waals surface area contributed by atoms with Crippen molar-refractivity contribution in [1.82, 2.24) is 0 Å². The first kappa shape index (κ1) is 21.7. The lowest BCUT2D eigenvalue weighted by molar-refractivity contribution is -0.133. The van der Waals surface area contributed by atoms with Crippen molar-refractivity contribution in [3.8, 4) is 0 Å². The van der Waals surface area contributed by atoms with Gasteiger partial charge >= 0.3 is 0 Å². The van der Waals surface area contributed by atoms with E-state index >= 15 is 0 Å². The second kappa shape index (κ2) is 8.56. The Kier molecular flexibility index (Phi) is 6.00. The highest BCUT2D eigenvalue weighted by molar-refractivity contribution is 7.12. The monoisotopic (exact) mass is 428 g/mol. The standard InChI is InChI=1S/C28H32O2Si/c1-28(2,3)27(30)24-19-20-25(26(24)29)31(21-13-7-4-8-14-21,22-15-9-5-10-16-22)23-17-11-6-12-18-23/h4-18,24-26,29H,19-20H2,1-3H3. The molecule has 0 aromatic heterocycles. The van der Waals surface area contributed by atoms with E-state index in [2.05, 4.69) is 91.0 Å².